The standard InChI is InChI=1S/C19H20ClN7O2/c1-11-7-14(19(10-22)16(28)25-15(23)18(11,19)9-21)27(26(2)3)17(29)24-13-6-4-5-12(20)8-13/h4-6,8,11,14H,7H2,1-3H3,(H,24,29)(H2,23,25,28). The average Bonchev–Trinajstić information content (AvgIpc) is 3.03. The molecular formula is C19H20ClN7O2. The van der Waals surface area contributed by atoms with Gasteiger partial charge in [-0.25, -0.2) is 9.80 Å². The second-order valence-corrected chi connectivity index (χ2v) is 7.86. The van der Waals surface area contributed by atoms with Crippen LogP contribution < -0.4 is 11.1 Å². The van der Waals surface area contributed by atoms with Gasteiger partial charge in [0.1, 0.15) is 11.3 Å². The van der Waals surface area contributed by atoms with E-state index < -0.39 is 34.7 Å². The molecule has 4 unspecified atom stereocenters. The number of aliphatic imine (C=N–C) groups is 1. The molecule has 0 radical (unpaired) electrons. The van der Waals surface area contributed by atoms with Gasteiger partial charge in [-0.05, 0) is 30.5 Å². The summed E-state index contributed by atoms with van der Waals surface area (Å²) in [6.45, 7) is 1.74. The normalized spacial score (nSPS) is 30.3. The average molecular weight is 414 g/mol. The maximum Gasteiger partial charge on any atom is 0.336 e. The summed E-state index contributed by atoms with van der Waals surface area (Å²) in [5, 5.41) is 26.0. The first-order chi connectivity index (χ1) is 13.6. The first-order valence-electron chi connectivity index (χ1n) is 8.90. The van der Waals surface area contributed by atoms with Gasteiger partial charge in [0, 0.05) is 24.8 Å². The first kappa shape index (κ1) is 20.6. The SMILES string of the molecule is CC1CC(N(C(=O)Nc2cccc(Cl)c2)N(C)C)C2(C#N)C(=O)N=C(N)C12C#N. The number of nitriles is 2. The number of hydrogen-bond acceptors (Lipinski definition) is 6. The minimum Gasteiger partial charge on any atom is -0.386 e. The number of nitrogens with zero attached hydrogens (tertiary/aromatic N) is 5. The van der Waals surface area contributed by atoms with Gasteiger partial charge >= 0.3 is 6.03 Å². The Morgan fingerprint density at radius 2 is 2.00 bits per heavy atom. The van der Waals surface area contributed by atoms with Crippen LogP contribution in [-0.2, 0) is 4.79 Å². The molecule has 0 saturated heterocycles. The van der Waals surface area contributed by atoms with Crippen molar-refractivity contribution >= 4 is 35.1 Å². The second kappa shape index (κ2) is 7.03. The van der Waals surface area contributed by atoms with Crippen molar-refractivity contribution in [3.8, 4) is 12.1 Å². The summed E-state index contributed by atoms with van der Waals surface area (Å²) in [7, 11) is 3.23. The number of fused-ring (bicyclic) bond motifs is 1. The number of nitrogens with two attached hydrogens (primary N) is 1. The summed E-state index contributed by atoms with van der Waals surface area (Å²) < 4.78 is 0. The zero-order valence-electron chi connectivity index (χ0n) is 16.2. The predicted octanol–water partition coefficient (Wildman–Crippen LogP) is 1.98. The van der Waals surface area contributed by atoms with Gasteiger partial charge in [0.25, 0.3) is 5.91 Å². The van der Waals surface area contributed by atoms with E-state index in [2.05, 4.69) is 16.4 Å². The number of anilines is 1. The van der Waals surface area contributed by atoms with Crippen LogP contribution in [0, 0.1) is 39.4 Å². The highest BCUT2D eigenvalue weighted by Gasteiger charge is 2.76. The van der Waals surface area contributed by atoms with E-state index in [4.69, 9.17) is 17.3 Å². The number of carbonyl (C=O) groups is 2. The molecule has 4 atom stereocenters. The summed E-state index contributed by atoms with van der Waals surface area (Å²) >= 11 is 5.98. The minimum atomic E-state index is -1.89. The third kappa shape index (κ3) is 2.66. The van der Waals surface area contributed by atoms with Crippen molar-refractivity contribution in [1.82, 2.24) is 10.0 Å². The van der Waals surface area contributed by atoms with Gasteiger partial charge in [0.05, 0.1) is 18.2 Å². The molecule has 1 aromatic carbocycles. The molecule has 9 nitrogen and oxygen atoms in total. The zero-order chi connectivity index (χ0) is 21.6. The van der Waals surface area contributed by atoms with Crippen LogP contribution in [0.2, 0.25) is 5.02 Å². The Labute approximate surface area is 173 Å². The van der Waals surface area contributed by atoms with Gasteiger partial charge in [-0.15, -0.1) is 0 Å². The van der Waals surface area contributed by atoms with Crippen molar-refractivity contribution < 1.29 is 9.59 Å². The Balaban J connectivity index is 2.07. The summed E-state index contributed by atoms with van der Waals surface area (Å²) in [4.78, 5) is 29.8. The maximum atomic E-state index is 13.1. The molecule has 1 heterocycles. The van der Waals surface area contributed by atoms with Gasteiger partial charge in [-0.2, -0.15) is 15.5 Å². The smallest absolute Gasteiger partial charge is 0.336 e. The van der Waals surface area contributed by atoms with E-state index in [1.54, 1.807) is 45.3 Å². The summed E-state index contributed by atoms with van der Waals surface area (Å²) in [5.74, 6) is -1.43. The minimum absolute atomic E-state index is 0.171. The van der Waals surface area contributed by atoms with Crippen LogP contribution in [0.1, 0.15) is 13.3 Å². The quantitative estimate of drug-likeness (QED) is 0.726. The van der Waals surface area contributed by atoms with Crippen LogP contribution >= 0.6 is 11.6 Å². The van der Waals surface area contributed by atoms with E-state index in [9.17, 15) is 20.1 Å². The lowest BCUT2D eigenvalue weighted by atomic mass is 9.63. The van der Waals surface area contributed by atoms with E-state index >= 15 is 0 Å². The Morgan fingerprint density at radius 3 is 2.55 bits per heavy atom. The van der Waals surface area contributed by atoms with E-state index in [1.165, 1.54) is 10.0 Å². The van der Waals surface area contributed by atoms with Crippen molar-refractivity contribution in [2.75, 3.05) is 19.4 Å². The topological polar surface area (TPSA) is 139 Å². The molecule has 1 saturated carbocycles. The number of nitrogens with one attached hydrogen (secondary N) is 1. The van der Waals surface area contributed by atoms with Gasteiger partial charge in [-0.3, -0.25) is 9.80 Å². The third-order valence-corrected chi connectivity index (χ3v) is 6.00. The molecule has 1 aliphatic carbocycles. The largest absolute Gasteiger partial charge is 0.386 e. The first-order valence-corrected chi connectivity index (χ1v) is 9.28. The number of hydrazine groups is 1. The van der Waals surface area contributed by atoms with Crippen molar-refractivity contribution in [3.63, 3.8) is 0 Å². The number of carbonyl (C=O) groups excluding carboxylic acids is 2. The molecule has 10 heteroatoms. The molecular weight excluding hydrogens is 394 g/mol. The molecule has 2 aliphatic rings. The number of halogens is 1. The van der Waals surface area contributed by atoms with Gasteiger partial charge in [0.2, 0.25) is 0 Å². The monoisotopic (exact) mass is 413 g/mol. The van der Waals surface area contributed by atoms with E-state index in [0.717, 1.165) is 0 Å². The summed E-state index contributed by atoms with van der Waals surface area (Å²) in [5.41, 5.74) is 2.94. The second-order valence-electron chi connectivity index (χ2n) is 7.43. The Kier molecular flexibility index (Phi) is 4.99. The van der Waals surface area contributed by atoms with Crippen LogP contribution in [0.15, 0.2) is 29.3 Å². The van der Waals surface area contributed by atoms with Gasteiger partial charge in [-0.1, -0.05) is 24.6 Å². The highest BCUT2D eigenvalue weighted by Crippen LogP contribution is 2.61. The molecule has 0 bridgehead atoms. The molecule has 1 aliphatic heterocycles. The molecule has 0 spiro atoms. The molecule has 3 amide bonds. The fourth-order valence-electron chi connectivity index (χ4n) is 4.49. The molecule has 29 heavy (non-hydrogen) atoms. The fraction of sp³-hybridized carbons (Fsp3) is 0.421. The molecule has 1 fully saturated rings. The number of benzene rings is 1. The number of hydrogen-bond donors (Lipinski definition) is 2. The van der Waals surface area contributed by atoms with Crippen LogP contribution in [0.5, 0.6) is 0 Å². The van der Waals surface area contributed by atoms with Gasteiger partial charge < -0.3 is 11.1 Å². The predicted molar refractivity (Wildman–Crippen MR) is 106 cm³/mol. The van der Waals surface area contributed by atoms with Crippen molar-refractivity contribution in [3.05, 3.63) is 29.3 Å². The van der Waals surface area contributed by atoms with E-state index in [0.29, 0.717) is 10.7 Å². The highest BCUT2D eigenvalue weighted by molar-refractivity contribution is 6.30. The Morgan fingerprint density at radius 1 is 1.34 bits per heavy atom. The molecule has 3 N–H and O–H groups in total. The molecule has 3 rings (SSSR count). The maximum absolute atomic E-state index is 13.1. The zero-order valence-corrected chi connectivity index (χ0v) is 16.9. The number of amidine groups is 1. The lowest BCUT2D eigenvalue weighted by Gasteiger charge is -2.40. The van der Waals surface area contributed by atoms with Crippen LogP contribution in [0.4, 0.5) is 10.5 Å². The van der Waals surface area contributed by atoms with E-state index in [1.807, 2.05) is 6.07 Å². The Hall–Kier alpha value is -3.14. The number of amides is 3. The number of rotatable bonds is 3. The van der Waals surface area contributed by atoms with Crippen molar-refractivity contribution in [1.29, 1.82) is 10.5 Å². The third-order valence-electron chi connectivity index (χ3n) is 5.76. The molecule has 0 aromatic heterocycles. The molecule has 1 aromatic rings. The highest BCUT2D eigenvalue weighted by atomic mass is 35.5. The Bertz CT molecular complexity index is 995. The molecule has 150 valence electrons. The van der Waals surface area contributed by atoms with Crippen molar-refractivity contribution in [2.24, 2.45) is 27.5 Å². The summed E-state index contributed by atoms with van der Waals surface area (Å²) in [6.07, 6.45) is 0.226. The van der Waals surface area contributed by atoms with Crippen LogP contribution in [0.3, 0.4) is 0 Å². The summed E-state index contributed by atoms with van der Waals surface area (Å²) in [6, 6.07) is 9.19. The van der Waals surface area contributed by atoms with Gasteiger partial charge in [0.15, 0.2) is 5.41 Å². The van der Waals surface area contributed by atoms with Crippen LogP contribution in [0.25, 0.3) is 0 Å². The lowest BCUT2D eigenvalue weighted by molar-refractivity contribution is -0.129. The van der Waals surface area contributed by atoms with Crippen molar-refractivity contribution in [2.45, 2.75) is 19.4 Å². The lowest BCUT2D eigenvalue weighted by Crippen LogP contribution is -2.60. The number of urea groups is 1. The van der Waals surface area contributed by atoms with E-state index in [-0.39, 0.29) is 12.3 Å². The van der Waals surface area contributed by atoms with Crippen LogP contribution in [-0.4, -0.2) is 47.9 Å². The fourth-order valence-corrected chi connectivity index (χ4v) is 4.68.